The van der Waals surface area contributed by atoms with E-state index >= 15 is 0 Å². The Balaban J connectivity index is 1.48. The monoisotopic (exact) mass is 454 g/mol. The molecule has 164 valence electrons. The molecule has 2 aromatic heterocycles. The zero-order valence-corrected chi connectivity index (χ0v) is 18.2. The van der Waals surface area contributed by atoms with Crippen LogP contribution in [0.1, 0.15) is 33.1 Å². The number of hydrogen-bond acceptors (Lipinski definition) is 5. The first kappa shape index (κ1) is 21.6. The van der Waals surface area contributed by atoms with Gasteiger partial charge in [0.2, 0.25) is 0 Å². The number of anilines is 1. The van der Waals surface area contributed by atoms with E-state index in [4.69, 9.17) is 20.9 Å². The zero-order valence-electron chi connectivity index (χ0n) is 17.4. The number of halogens is 2. The molecule has 1 amide bonds. The summed E-state index contributed by atoms with van der Waals surface area (Å²) in [5.74, 6) is -0.148. The van der Waals surface area contributed by atoms with Gasteiger partial charge >= 0.3 is 0 Å². The summed E-state index contributed by atoms with van der Waals surface area (Å²) in [4.78, 5) is 12.8. The first-order chi connectivity index (χ1) is 15.4. The van der Waals surface area contributed by atoms with Crippen LogP contribution in [0, 0.1) is 19.7 Å². The lowest BCUT2D eigenvalue weighted by molar-refractivity contribution is 0.101. The predicted molar refractivity (Wildman–Crippen MR) is 117 cm³/mol. The SMILES string of the molecule is Cc1onc(C(=O)Nc2cc(C)n(Cc3ccccc3Cl)n2)c1COc1ccccc1F. The van der Waals surface area contributed by atoms with Gasteiger partial charge in [-0.2, -0.15) is 5.10 Å². The van der Waals surface area contributed by atoms with Gasteiger partial charge in [0.05, 0.1) is 12.1 Å². The van der Waals surface area contributed by atoms with Crippen LogP contribution >= 0.6 is 11.6 Å². The van der Waals surface area contributed by atoms with Crippen LogP contribution < -0.4 is 10.1 Å². The number of aryl methyl sites for hydroxylation is 2. The second kappa shape index (κ2) is 9.23. The highest BCUT2D eigenvalue weighted by molar-refractivity contribution is 6.31. The van der Waals surface area contributed by atoms with Crippen LogP contribution in [0.4, 0.5) is 10.2 Å². The summed E-state index contributed by atoms with van der Waals surface area (Å²) < 4.78 is 26.3. The summed E-state index contributed by atoms with van der Waals surface area (Å²) in [7, 11) is 0. The van der Waals surface area contributed by atoms with Crippen molar-refractivity contribution >= 4 is 23.3 Å². The van der Waals surface area contributed by atoms with Crippen molar-refractivity contribution in [1.29, 1.82) is 0 Å². The second-order valence-corrected chi connectivity index (χ2v) is 7.57. The number of aromatic nitrogens is 3. The Morgan fingerprint density at radius 1 is 1.19 bits per heavy atom. The fraction of sp³-hybridized carbons (Fsp3) is 0.174. The molecular weight excluding hydrogens is 435 g/mol. The van der Waals surface area contributed by atoms with Crippen LogP contribution in [0.15, 0.2) is 59.1 Å². The van der Waals surface area contributed by atoms with E-state index in [1.54, 1.807) is 29.8 Å². The lowest BCUT2D eigenvalue weighted by Gasteiger charge is -2.07. The largest absolute Gasteiger partial charge is 0.486 e. The maximum absolute atomic E-state index is 13.8. The number of benzene rings is 2. The molecule has 32 heavy (non-hydrogen) atoms. The minimum absolute atomic E-state index is 0.0529. The van der Waals surface area contributed by atoms with Crippen LogP contribution in [-0.4, -0.2) is 20.8 Å². The number of nitrogens with one attached hydrogen (secondary N) is 1. The Morgan fingerprint density at radius 3 is 2.72 bits per heavy atom. The van der Waals surface area contributed by atoms with Crippen molar-refractivity contribution < 1.29 is 18.4 Å². The minimum atomic E-state index is -0.503. The van der Waals surface area contributed by atoms with E-state index in [-0.39, 0.29) is 18.1 Å². The maximum Gasteiger partial charge on any atom is 0.279 e. The van der Waals surface area contributed by atoms with Gasteiger partial charge in [0.15, 0.2) is 23.1 Å². The van der Waals surface area contributed by atoms with Crippen LogP contribution in [-0.2, 0) is 13.2 Å². The molecule has 0 spiro atoms. The fourth-order valence-corrected chi connectivity index (χ4v) is 3.34. The normalized spacial score (nSPS) is 10.9. The first-order valence-electron chi connectivity index (χ1n) is 9.84. The molecule has 2 heterocycles. The number of amides is 1. The molecule has 0 aliphatic rings. The van der Waals surface area contributed by atoms with Crippen LogP contribution in [0.2, 0.25) is 5.02 Å². The lowest BCUT2D eigenvalue weighted by atomic mass is 10.2. The van der Waals surface area contributed by atoms with Crippen molar-refractivity contribution in [3.8, 4) is 5.75 Å². The summed E-state index contributed by atoms with van der Waals surface area (Å²) in [6.45, 7) is 3.94. The summed E-state index contributed by atoms with van der Waals surface area (Å²) >= 11 is 6.24. The highest BCUT2D eigenvalue weighted by Gasteiger charge is 2.22. The molecule has 9 heteroatoms. The lowest BCUT2D eigenvalue weighted by Crippen LogP contribution is -2.16. The average molecular weight is 455 g/mol. The third kappa shape index (κ3) is 4.65. The van der Waals surface area contributed by atoms with Crippen LogP contribution in [0.3, 0.4) is 0 Å². The molecule has 4 aromatic rings. The van der Waals surface area contributed by atoms with Crippen LogP contribution in [0.25, 0.3) is 0 Å². The van der Waals surface area contributed by atoms with Gasteiger partial charge < -0.3 is 14.6 Å². The van der Waals surface area contributed by atoms with Gasteiger partial charge in [0.1, 0.15) is 12.4 Å². The van der Waals surface area contributed by atoms with Gasteiger partial charge in [-0.05, 0) is 37.6 Å². The van der Waals surface area contributed by atoms with Gasteiger partial charge in [0, 0.05) is 16.8 Å². The molecule has 0 aliphatic carbocycles. The van der Waals surface area contributed by atoms with Gasteiger partial charge in [0.25, 0.3) is 5.91 Å². The number of para-hydroxylation sites is 1. The third-order valence-corrected chi connectivity index (χ3v) is 5.28. The average Bonchev–Trinajstić information content (AvgIpc) is 3.31. The van der Waals surface area contributed by atoms with Crippen molar-refractivity contribution in [3.05, 3.63) is 93.7 Å². The molecule has 0 bridgehead atoms. The number of hydrogen-bond donors (Lipinski definition) is 1. The Bertz CT molecular complexity index is 1270. The molecule has 0 aliphatic heterocycles. The van der Waals surface area contributed by atoms with E-state index in [0.717, 1.165) is 11.3 Å². The summed E-state index contributed by atoms with van der Waals surface area (Å²) in [5.41, 5.74) is 2.24. The molecule has 0 atom stereocenters. The molecule has 0 radical (unpaired) electrons. The summed E-state index contributed by atoms with van der Waals surface area (Å²) in [5, 5.41) is 11.7. The standard InChI is InChI=1S/C23H20ClFN4O3/c1-14-11-21(27-29(14)12-16-7-3-4-8-18(16)24)26-23(30)22-17(15(2)32-28-22)13-31-20-10-6-5-9-19(20)25/h3-11H,12-13H2,1-2H3,(H,26,27,30). The number of ether oxygens (including phenoxy) is 1. The van der Waals surface area contributed by atoms with E-state index in [2.05, 4.69) is 15.6 Å². The molecule has 4 rings (SSSR count). The van der Waals surface area contributed by atoms with E-state index in [0.29, 0.717) is 28.7 Å². The molecular formula is C23H20ClFN4O3. The highest BCUT2D eigenvalue weighted by Crippen LogP contribution is 2.22. The molecule has 7 nitrogen and oxygen atoms in total. The van der Waals surface area contributed by atoms with E-state index in [1.165, 1.54) is 12.1 Å². The predicted octanol–water partition coefficient (Wildman–Crippen LogP) is 5.16. The molecule has 2 aromatic carbocycles. The van der Waals surface area contributed by atoms with Gasteiger partial charge in [-0.15, -0.1) is 0 Å². The maximum atomic E-state index is 13.8. The van der Waals surface area contributed by atoms with E-state index in [9.17, 15) is 9.18 Å². The van der Waals surface area contributed by atoms with E-state index in [1.807, 2.05) is 31.2 Å². The van der Waals surface area contributed by atoms with Crippen molar-refractivity contribution in [3.63, 3.8) is 0 Å². The Morgan fingerprint density at radius 2 is 1.94 bits per heavy atom. The zero-order chi connectivity index (χ0) is 22.7. The number of nitrogens with zero attached hydrogens (tertiary/aromatic N) is 3. The summed E-state index contributed by atoms with van der Waals surface area (Å²) in [6, 6.07) is 15.3. The number of carbonyl (C=O) groups excluding carboxylic acids is 1. The Hall–Kier alpha value is -3.65. The Kier molecular flexibility index (Phi) is 6.23. The number of rotatable bonds is 7. The first-order valence-corrected chi connectivity index (χ1v) is 10.2. The smallest absolute Gasteiger partial charge is 0.279 e. The van der Waals surface area contributed by atoms with Crippen molar-refractivity contribution in [2.75, 3.05) is 5.32 Å². The van der Waals surface area contributed by atoms with Gasteiger partial charge in [-0.1, -0.05) is 47.1 Å². The fourth-order valence-electron chi connectivity index (χ4n) is 3.15. The third-order valence-electron chi connectivity index (χ3n) is 4.91. The van der Waals surface area contributed by atoms with Gasteiger partial charge in [-0.25, -0.2) is 4.39 Å². The molecule has 0 unspecified atom stereocenters. The van der Waals surface area contributed by atoms with E-state index < -0.39 is 11.7 Å². The minimum Gasteiger partial charge on any atom is -0.486 e. The molecule has 0 saturated carbocycles. The molecule has 0 saturated heterocycles. The van der Waals surface area contributed by atoms with Crippen molar-refractivity contribution in [2.24, 2.45) is 0 Å². The van der Waals surface area contributed by atoms with Gasteiger partial charge in [-0.3, -0.25) is 9.48 Å². The Labute approximate surface area is 188 Å². The topological polar surface area (TPSA) is 82.2 Å². The second-order valence-electron chi connectivity index (χ2n) is 7.16. The highest BCUT2D eigenvalue weighted by atomic mass is 35.5. The number of carbonyl (C=O) groups is 1. The molecule has 1 N–H and O–H groups in total. The van der Waals surface area contributed by atoms with Crippen molar-refractivity contribution in [2.45, 2.75) is 27.0 Å². The molecule has 0 fully saturated rings. The van der Waals surface area contributed by atoms with Crippen LogP contribution in [0.5, 0.6) is 5.75 Å². The van der Waals surface area contributed by atoms with Crippen molar-refractivity contribution in [1.82, 2.24) is 14.9 Å². The quantitative estimate of drug-likeness (QED) is 0.417. The summed E-state index contributed by atoms with van der Waals surface area (Å²) in [6.07, 6.45) is 0.